The zero-order valence-corrected chi connectivity index (χ0v) is 9.38. The van der Waals surface area contributed by atoms with E-state index in [1.807, 2.05) is 36.7 Å². The van der Waals surface area contributed by atoms with Gasteiger partial charge in [0, 0.05) is 5.56 Å². The van der Waals surface area contributed by atoms with Gasteiger partial charge in [0.25, 0.3) is 0 Å². The molecular formula is C13H14N2O. The van der Waals surface area contributed by atoms with Crippen molar-refractivity contribution in [2.24, 2.45) is 0 Å². The van der Waals surface area contributed by atoms with Crippen LogP contribution in [0.4, 0.5) is 0 Å². The third-order valence-corrected chi connectivity index (χ3v) is 3.14. The van der Waals surface area contributed by atoms with Gasteiger partial charge < -0.3 is 9.67 Å². The first-order valence-electron chi connectivity index (χ1n) is 5.42. The highest BCUT2D eigenvalue weighted by Gasteiger charge is 2.37. The summed E-state index contributed by atoms with van der Waals surface area (Å²) in [5.41, 5.74) is 2.64. The molecule has 2 aromatic rings. The Kier molecular flexibility index (Phi) is 1.77. The van der Waals surface area contributed by atoms with Gasteiger partial charge in [0.1, 0.15) is 0 Å². The van der Waals surface area contributed by atoms with E-state index in [-0.39, 0.29) is 6.04 Å². The van der Waals surface area contributed by atoms with Crippen molar-refractivity contribution in [2.75, 3.05) is 0 Å². The Morgan fingerprint density at radius 3 is 2.81 bits per heavy atom. The van der Waals surface area contributed by atoms with Gasteiger partial charge in [-0.25, -0.2) is 4.98 Å². The van der Waals surface area contributed by atoms with Crippen LogP contribution in [-0.2, 0) is 0 Å². The molecule has 3 heteroatoms. The number of aliphatic hydroxyl groups is 1. The number of rotatable bonds is 1. The molecule has 3 nitrogen and oxygen atoms in total. The van der Waals surface area contributed by atoms with E-state index in [4.69, 9.17) is 0 Å². The summed E-state index contributed by atoms with van der Waals surface area (Å²) < 4.78 is 2.05. The third kappa shape index (κ3) is 1.15. The lowest BCUT2D eigenvalue weighted by Crippen LogP contribution is -2.31. The summed E-state index contributed by atoms with van der Waals surface area (Å²) in [7, 11) is 0. The predicted octanol–water partition coefficient (Wildman–Crippen LogP) is 2.22. The molecule has 82 valence electrons. The second kappa shape index (κ2) is 2.95. The highest BCUT2D eigenvalue weighted by Crippen LogP contribution is 2.43. The maximum absolute atomic E-state index is 10.3. The number of hydrogen-bond acceptors (Lipinski definition) is 2. The van der Waals surface area contributed by atoms with Crippen molar-refractivity contribution in [1.29, 1.82) is 0 Å². The van der Waals surface area contributed by atoms with Crippen LogP contribution in [0.25, 0.3) is 11.3 Å². The van der Waals surface area contributed by atoms with Gasteiger partial charge in [-0.15, -0.1) is 0 Å². The van der Waals surface area contributed by atoms with Crippen molar-refractivity contribution in [1.82, 2.24) is 9.55 Å². The molecular weight excluding hydrogens is 200 g/mol. The molecule has 0 fully saturated rings. The van der Waals surface area contributed by atoms with Gasteiger partial charge in [0.2, 0.25) is 0 Å². The fraction of sp³-hybridized carbons (Fsp3) is 0.308. The summed E-state index contributed by atoms with van der Waals surface area (Å²) >= 11 is 0. The molecule has 0 saturated heterocycles. The number of benzene rings is 1. The first kappa shape index (κ1) is 9.60. The van der Waals surface area contributed by atoms with Crippen molar-refractivity contribution in [3.05, 3.63) is 42.4 Å². The number of imidazole rings is 1. The van der Waals surface area contributed by atoms with Crippen molar-refractivity contribution >= 4 is 0 Å². The van der Waals surface area contributed by atoms with Crippen LogP contribution in [-0.4, -0.2) is 20.3 Å². The van der Waals surface area contributed by atoms with Crippen LogP contribution in [0.2, 0.25) is 0 Å². The van der Waals surface area contributed by atoms with Gasteiger partial charge in [0.15, 0.2) is 0 Å². The van der Waals surface area contributed by atoms with Crippen LogP contribution in [0.15, 0.2) is 36.8 Å². The molecule has 1 N–H and O–H groups in total. The molecule has 3 rings (SSSR count). The lowest BCUT2D eigenvalue weighted by atomic mass is 9.91. The zero-order chi connectivity index (χ0) is 11.3. The van der Waals surface area contributed by atoms with Crippen LogP contribution >= 0.6 is 0 Å². The predicted molar refractivity (Wildman–Crippen MR) is 62.1 cm³/mol. The van der Waals surface area contributed by atoms with E-state index in [0.29, 0.717) is 0 Å². The van der Waals surface area contributed by atoms with Crippen molar-refractivity contribution in [2.45, 2.75) is 25.5 Å². The molecule has 1 aromatic heterocycles. The summed E-state index contributed by atoms with van der Waals surface area (Å²) in [4.78, 5) is 4.16. The minimum atomic E-state index is -0.790. The Bertz CT molecular complexity index is 537. The molecule has 0 radical (unpaired) electrons. The van der Waals surface area contributed by atoms with Gasteiger partial charge in [-0.1, -0.05) is 24.3 Å². The maximum Gasteiger partial charge on any atom is 0.0957 e. The number of nitrogens with zero attached hydrogens (tertiary/aromatic N) is 2. The lowest BCUT2D eigenvalue weighted by molar-refractivity contribution is 0.0418. The quantitative estimate of drug-likeness (QED) is 0.790. The van der Waals surface area contributed by atoms with Crippen LogP contribution in [0.5, 0.6) is 0 Å². The molecule has 0 aliphatic carbocycles. The molecule has 0 saturated carbocycles. The maximum atomic E-state index is 10.3. The summed E-state index contributed by atoms with van der Waals surface area (Å²) in [6, 6.07) is 8.14. The van der Waals surface area contributed by atoms with E-state index >= 15 is 0 Å². The highest BCUT2D eigenvalue weighted by molar-refractivity contribution is 5.69. The molecule has 2 heterocycles. The van der Waals surface area contributed by atoms with Gasteiger partial charge in [0.05, 0.1) is 29.9 Å². The Labute approximate surface area is 94.4 Å². The standard InChI is InChI=1S/C13H14N2O/c1-13(2,16)12-10-6-4-3-5-9(10)11-7-14-8-15(11)12/h3-8,12,16H,1-2H3. The summed E-state index contributed by atoms with van der Waals surface area (Å²) in [6.07, 6.45) is 3.64. The van der Waals surface area contributed by atoms with E-state index in [2.05, 4.69) is 17.1 Å². The first-order chi connectivity index (χ1) is 7.59. The molecule has 0 spiro atoms. The Hall–Kier alpha value is -1.61. The largest absolute Gasteiger partial charge is 0.388 e. The highest BCUT2D eigenvalue weighted by atomic mass is 16.3. The summed E-state index contributed by atoms with van der Waals surface area (Å²) in [5.74, 6) is 0. The molecule has 1 aliphatic heterocycles. The minimum absolute atomic E-state index is 0.0406. The summed E-state index contributed by atoms with van der Waals surface area (Å²) in [5, 5.41) is 10.3. The van der Waals surface area contributed by atoms with Crippen LogP contribution in [0.1, 0.15) is 25.5 Å². The van der Waals surface area contributed by atoms with Crippen molar-refractivity contribution in [3.8, 4) is 11.3 Å². The van der Waals surface area contributed by atoms with Crippen LogP contribution in [0.3, 0.4) is 0 Å². The lowest BCUT2D eigenvalue weighted by Gasteiger charge is -2.28. The molecule has 1 unspecified atom stereocenters. The topological polar surface area (TPSA) is 38.1 Å². The summed E-state index contributed by atoms with van der Waals surface area (Å²) in [6.45, 7) is 3.67. The number of aromatic nitrogens is 2. The van der Waals surface area contributed by atoms with Gasteiger partial charge >= 0.3 is 0 Å². The Morgan fingerprint density at radius 1 is 1.31 bits per heavy atom. The Morgan fingerprint density at radius 2 is 2.06 bits per heavy atom. The van der Waals surface area contributed by atoms with Gasteiger partial charge in [-0.2, -0.15) is 0 Å². The van der Waals surface area contributed by atoms with E-state index < -0.39 is 5.60 Å². The molecule has 16 heavy (non-hydrogen) atoms. The van der Waals surface area contributed by atoms with Crippen molar-refractivity contribution in [3.63, 3.8) is 0 Å². The van der Waals surface area contributed by atoms with Gasteiger partial charge in [-0.3, -0.25) is 0 Å². The normalized spacial score (nSPS) is 18.3. The second-order valence-corrected chi connectivity index (χ2v) is 4.83. The first-order valence-corrected chi connectivity index (χ1v) is 5.42. The Balaban J connectivity index is 2.29. The second-order valence-electron chi connectivity index (χ2n) is 4.83. The average Bonchev–Trinajstić information content (AvgIpc) is 2.73. The minimum Gasteiger partial charge on any atom is -0.388 e. The van der Waals surface area contributed by atoms with E-state index in [1.165, 1.54) is 11.1 Å². The van der Waals surface area contributed by atoms with E-state index in [0.717, 1.165) is 5.69 Å². The third-order valence-electron chi connectivity index (χ3n) is 3.14. The molecule has 1 atom stereocenters. The van der Waals surface area contributed by atoms with Crippen molar-refractivity contribution < 1.29 is 5.11 Å². The fourth-order valence-corrected chi connectivity index (χ4v) is 2.56. The molecule has 0 amide bonds. The van der Waals surface area contributed by atoms with Crippen LogP contribution < -0.4 is 0 Å². The van der Waals surface area contributed by atoms with E-state index in [9.17, 15) is 5.11 Å². The number of hydrogen-bond donors (Lipinski definition) is 1. The van der Waals surface area contributed by atoms with Crippen LogP contribution in [0, 0.1) is 0 Å². The number of fused-ring (bicyclic) bond motifs is 3. The monoisotopic (exact) mass is 214 g/mol. The average molecular weight is 214 g/mol. The fourth-order valence-electron chi connectivity index (χ4n) is 2.56. The smallest absolute Gasteiger partial charge is 0.0957 e. The molecule has 1 aromatic carbocycles. The van der Waals surface area contributed by atoms with E-state index in [1.54, 1.807) is 6.33 Å². The zero-order valence-electron chi connectivity index (χ0n) is 9.38. The SMILES string of the molecule is CC(C)(O)C1c2ccccc2-c2cncn21. The molecule has 0 bridgehead atoms. The molecule has 1 aliphatic rings. The van der Waals surface area contributed by atoms with Gasteiger partial charge in [-0.05, 0) is 19.4 Å².